The Balaban J connectivity index is 2.17. The molecule has 0 aliphatic heterocycles. The van der Waals surface area contributed by atoms with Gasteiger partial charge >= 0.3 is 5.97 Å². The molecule has 0 radical (unpaired) electrons. The second-order valence-corrected chi connectivity index (χ2v) is 6.12. The van der Waals surface area contributed by atoms with Crippen LogP contribution in [0, 0.1) is 5.92 Å². The van der Waals surface area contributed by atoms with Gasteiger partial charge in [-0.15, -0.1) is 0 Å². The van der Waals surface area contributed by atoms with Crippen LogP contribution in [0.4, 0.5) is 0 Å². The van der Waals surface area contributed by atoms with Crippen molar-refractivity contribution >= 4 is 16.0 Å². The number of aromatic amines is 1. The SMILES string of the molecule is CCOC(=O)c1cn[nH]c1S(=O)(=O)NC1CC1CC. The van der Waals surface area contributed by atoms with Gasteiger partial charge in [-0.2, -0.15) is 5.10 Å². The first-order valence-corrected chi connectivity index (χ1v) is 7.70. The molecule has 106 valence electrons. The van der Waals surface area contributed by atoms with E-state index in [1.807, 2.05) is 6.92 Å². The first-order chi connectivity index (χ1) is 8.99. The van der Waals surface area contributed by atoms with Crippen LogP contribution in [0.3, 0.4) is 0 Å². The van der Waals surface area contributed by atoms with Crippen molar-refractivity contribution in [1.82, 2.24) is 14.9 Å². The largest absolute Gasteiger partial charge is 0.462 e. The van der Waals surface area contributed by atoms with Crippen molar-refractivity contribution in [2.75, 3.05) is 6.61 Å². The predicted molar refractivity (Wildman–Crippen MR) is 67.1 cm³/mol. The molecule has 1 heterocycles. The van der Waals surface area contributed by atoms with E-state index in [0.717, 1.165) is 19.0 Å². The third-order valence-corrected chi connectivity index (χ3v) is 4.58. The van der Waals surface area contributed by atoms with Gasteiger partial charge in [0.05, 0.1) is 12.8 Å². The number of nitrogens with one attached hydrogen (secondary N) is 2. The Morgan fingerprint density at radius 1 is 1.58 bits per heavy atom. The fourth-order valence-corrected chi connectivity index (χ4v) is 3.34. The van der Waals surface area contributed by atoms with Crippen molar-refractivity contribution in [3.8, 4) is 0 Å². The number of carbonyl (C=O) groups is 1. The molecular formula is C11H17N3O4S. The summed E-state index contributed by atoms with van der Waals surface area (Å²) in [6.45, 7) is 3.84. The van der Waals surface area contributed by atoms with Crippen molar-refractivity contribution < 1.29 is 17.9 Å². The Hall–Kier alpha value is -1.41. The molecule has 2 atom stereocenters. The number of esters is 1. The number of rotatable bonds is 6. The van der Waals surface area contributed by atoms with E-state index >= 15 is 0 Å². The minimum Gasteiger partial charge on any atom is -0.462 e. The summed E-state index contributed by atoms with van der Waals surface area (Å²) in [4.78, 5) is 11.6. The van der Waals surface area contributed by atoms with E-state index in [1.165, 1.54) is 0 Å². The number of hydrogen-bond acceptors (Lipinski definition) is 5. The summed E-state index contributed by atoms with van der Waals surface area (Å²) >= 11 is 0. The number of sulfonamides is 1. The maximum atomic E-state index is 12.1. The molecule has 8 heteroatoms. The van der Waals surface area contributed by atoms with Gasteiger partial charge in [0, 0.05) is 6.04 Å². The van der Waals surface area contributed by atoms with Crippen molar-refractivity contribution in [2.45, 2.75) is 37.8 Å². The maximum absolute atomic E-state index is 12.1. The summed E-state index contributed by atoms with van der Waals surface area (Å²) in [6, 6.07) is -0.0478. The van der Waals surface area contributed by atoms with Crippen LogP contribution in [0.1, 0.15) is 37.0 Å². The lowest BCUT2D eigenvalue weighted by atomic mass is 10.3. The number of carbonyl (C=O) groups excluding carboxylic acids is 1. The molecule has 1 fully saturated rings. The normalized spacial score (nSPS) is 22.2. The molecule has 0 saturated heterocycles. The van der Waals surface area contributed by atoms with Gasteiger partial charge in [-0.05, 0) is 19.3 Å². The third kappa shape index (κ3) is 2.95. The van der Waals surface area contributed by atoms with Gasteiger partial charge in [-0.3, -0.25) is 5.10 Å². The number of hydrogen-bond donors (Lipinski definition) is 2. The lowest BCUT2D eigenvalue weighted by molar-refractivity contribution is 0.0522. The van der Waals surface area contributed by atoms with Gasteiger partial charge in [-0.25, -0.2) is 17.9 Å². The standard InChI is InChI=1S/C11H17N3O4S/c1-3-7-5-9(7)14-19(16,17)10-8(6-12-13-10)11(15)18-4-2/h6-7,9,14H,3-5H2,1-2H3,(H,12,13). The van der Waals surface area contributed by atoms with E-state index in [0.29, 0.717) is 5.92 Å². The summed E-state index contributed by atoms with van der Waals surface area (Å²) in [5.74, 6) is -0.316. The smallest absolute Gasteiger partial charge is 0.342 e. The van der Waals surface area contributed by atoms with E-state index in [9.17, 15) is 13.2 Å². The molecule has 19 heavy (non-hydrogen) atoms. The molecule has 0 aromatic carbocycles. The lowest BCUT2D eigenvalue weighted by Gasteiger charge is -2.06. The molecule has 2 N–H and O–H groups in total. The molecule has 1 aromatic heterocycles. The van der Waals surface area contributed by atoms with Crippen LogP contribution in [-0.2, 0) is 14.8 Å². The van der Waals surface area contributed by atoms with Gasteiger partial charge < -0.3 is 4.74 Å². The van der Waals surface area contributed by atoms with Crippen LogP contribution < -0.4 is 4.72 Å². The van der Waals surface area contributed by atoms with Crippen LogP contribution in [-0.4, -0.2) is 37.2 Å². The topological polar surface area (TPSA) is 101 Å². The monoisotopic (exact) mass is 287 g/mol. The molecule has 2 unspecified atom stereocenters. The fourth-order valence-electron chi connectivity index (χ4n) is 1.93. The molecule has 0 spiro atoms. The Morgan fingerprint density at radius 3 is 2.89 bits per heavy atom. The van der Waals surface area contributed by atoms with Crippen LogP contribution in [0.2, 0.25) is 0 Å². The van der Waals surface area contributed by atoms with Crippen molar-refractivity contribution in [3.05, 3.63) is 11.8 Å². The highest BCUT2D eigenvalue weighted by molar-refractivity contribution is 7.89. The van der Waals surface area contributed by atoms with Crippen LogP contribution in [0.5, 0.6) is 0 Å². The van der Waals surface area contributed by atoms with Gasteiger partial charge in [0.25, 0.3) is 10.0 Å². The van der Waals surface area contributed by atoms with Crippen LogP contribution >= 0.6 is 0 Å². The van der Waals surface area contributed by atoms with E-state index in [2.05, 4.69) is 14.9 Å². The summed E-state index contributed by atoms with van der Waals surface area (Å²) in [5.41, 5.74) is -0.0666. The highest BCUT2D eigenvalue weighted by atomic mass is 32.2. The van der Waals surface area contributed by atoms with Gasteiger partial charge in [0.1, 0.15) is 5.56 Å². The first-order valence-electron chi connectivity index (χ1n) is 6.22. The summed E-state index contributed by atoms with van der Waals surface area (Å²) in [7, 11) is -3.76. The van der Waals surface area contributed by atoms with Crippen LogP contribution in [0.15, 0.2) is 11.2 Å². The first kappa shape index (κ1) is 14.0. The number of ether oxygens (including phenoxy) is 1. The molecule has 2 rings (SSSR count). The molecule has 7 nitrogen and oxygen atoms in total. The van der Waals surface area contributed by atoms with Gasteiger partial charge in [0.2, 0.25) is 0 Å². The molecular weight excluding hydrogens is 270 g/mol. The summed E-state index contributed by atoms with van der Waals surface area (Å²) in [5, 5.41) is 5.73. The molecule has 1 aliphatic rings. The van der Waals surface area contributed by atoms with Crippen molar-refractivity contribution in [2.24, 2.45) is 5.92 Å². The predicted octanol–water partition coefficient (Wildman–Crippen LogP) is 0.663. The Kier molecular flexibility index (Phi) is 3.91. The Morgan fingerprint density at radius 2 is 2.32 bits per heavy atom. The van der Waals surface area contributed by atoms with Gasteiger partial charge in [-0.1, -0.05) is 13.3 Å². The Bertz CT molecular complexity index is 566. The lowest BCUT2D eigenvalue weighted by Crippen LogP contribution is -2.28. The van der Waals surface area contributed by atoms with Gasteiger partial charge in [0.15, 0.2) is 5.03 Å². The Labute approximate surface area is 111 Å². The zero-order chi connectivity index (χ0) is 14.0. The molecule has 0 amide bonds. The second kappa shape index (κ2) is 5.30. The van der Waals surface area contributed by atoms with Crippen molar-refractivity contribution in [1.29, 1.82) is 0 Å². The van der Waals surface area contributed by atoms with Crippen LogP contribution in [0.25, 0.3) is 0 Å². The zero-order valence-electron chi connectivity index (χ0n) is 10.8. The third-order valence-electron chi connectivity index (χ3n) is 3.12. The minimum absolute atomic E-state index is 0.0478. The van der Waals surface area contributed by atoms with E-state index in [-0.39, 0.29) is 23.2 Å². The average Bonchev–Trinajstić information content (AvgIpc) is 2.90. The molecule has 1 saturated carbocycles. The summed E-state index contributed by atoms with van der Waals surface area (Å²) < 4.78 is 31.6. The number of aromatic nitrogens is 2. The number of H-pyrrole nitrogens is 1. The van der Waals surface area contributed by atoms with Crippen molar-refractivity contribution in [3.63, 3.8) is 0 Å². The summed E-state index contributed by atoms with van der Waals surface area (Å²) in [6.07, 6.45) is 2.93. The number of nitrogens with zero attached hydrogens (tertiary/aromatic N) is 1. The quantitative estimate of drug-likeness (QED) is 0.749. The highest BCUT2D eigenvalue weighted by Crippen LogP contribution is 2.34. The molecule has 1 aromatic rings. The van der Waals surface area contributed by atoms with E-state index in [1.54, 1.807) is 6.92 Å². The zero-order valence-corrected chi connectivity index (χ0v) is 11.7. The molecule has 0 bridgehead atoms. The highest BCUT2D eigenvalue weighted by Gasteiger charge is 2.40. The fraction of sp³-hybridized carbons (Fsp3) is 0.636. The van der Waals surface area contributed by atoms with E-state index in [4.69, 9.17) is 4.74 Å². The molecule has 1 aliphatic carbocycles. The minimum atomic E-state index is -3.76. The van der Waals surface area contributed by atoms with E-state index < -0.39 is 16.0 Å². The maximum Gasteiger partial charge on any atom is 0.342 e. The second-order valence-electron chi connectivity index (χ2n) is 4.47. The average molecular weight is 287 g/mol.